The highest BCUT2D eigenvalue weighted by molar-refractivity contribution is 5.86. The van der Waals surface area contributed by atoms with E-state index in [2.05, 4.69) is 24.2 Å². The van der Waals surface area contributed by atoms with E-state index < -0.39 is 5.97 Å². The molecule has 0 saturated carbocycles. The summed E-state index contributed by atoms with van der Waals surface area (Å²) in [6, 6.07) is 2.71. The average molecular weight is 262 g/mol. The van der Waals surface area contributed by atoms with Gasteiger partial charge < -0.3 is 4.74 Å². The third-order valence-electron chi connectivity index (χ3n) is 3.52. The van der Waals surface area contributed by atoms with Gasteiger partial charge in [-0.2, -0.15) is 5.10 Å². The lowest BCUT2D eigenvalue weighted by molar-refractivity contribution is 0.0386. The maximum Gasteiger partial charge on any atom is 0.358 e. The van der Waals surface area contributed by atoms with Crippen molar-refractivity contribution in [2.75, 3.05) is 6.61 Å². The number of aryl methyl sites for hydroxylation is 1. The van der Waals surface area contributed by atoms with Crippen molar-refractivity contribution in [2.24, 2.45) is 18.9 Å². The Hall–Kier alpha value is -1.91. The predicted octanol–water partition coefficient (Wildman–Crippen LogP) is 1.54. The van der Waals surface area contributed by atoms with Crippen LogP contribution in [0.15, 0.2) is 29.1 Å². The van der Waals surface area contributed by atoms with Crippen molar-refractivity contribution in [1.82, 2.24) is 9.78 Å². The molecule has 0 radical (unpaired) electrons. The molecule has 5 heteroatoms. The summed E-state index contributed by atoms with van der Waals surface area (Å²) in [4.78, 5) is 23.0. The molecule has 1 aliphatic carbocycles. The standard InChI is InChI=1S/C14H18N2O3/c1-10-5-3-4-6-11(10)9-19-14(18)12-7-8-13(17)16(2)15-12/h3-4,7-8,10-11H,5-6,9H2,1-2H3. The first-order chi connectivity index (χ1) is 9.08. The zero-order valence-electron chi connectivity index (χ0n) is 11.2. The van der Waals surface area contributed by atoms with Crippen LogP contribution in [0.5, 0.6) is 0 Å². The van der Waals surface area contributed by atoms with Gasteiger partial charge >= 0.3 is 5.97 Å². The van der Waals surface area contributed by atoms with E-state index in [-0.39, 0.29) is 11.3 Å². The Labute approximate surface area is 111 Å². The fraction of sp³-hybridized carbons (Fsp3) is 0.500. The van der Waals surface area contributed by atoms with E-state index in [1.807, 2.05) is 0 Å². The molecule has 19 heavy (non-hydrogen) atoms. The molecule has 0 N–H and O–H groups in total. The van der Waals surface area contributed by atoms with Gasteiger partial charge in [-0.05, 0) is 30.7 Å². The number of hydrogen-bond donors (Lipinski definition) is 0. The molecular weight excluding hydrogens is 244 g/mol. The van der Waals surface area contributed by atoms with Crippen LogP contribution in [0, 0.1) is 11.8 Å². The molecule has 0 saturated heterocycles. The monoisotopic (exact) mass is 262 g/mol. The molecule has 0 spiro atoms. The normalized spacial score (nSPS) is 22.2. The van der Waals surface area contributed by atoms with Gasteiger partial charge in [0.25, 0.3) is 5.56 Å². The van der Waals surface area contributed by atoms with Crippen molar-refractivity contribution in [3.05, 3.63) is 40.3 Å². The van der Waals surface area contributed by atoms with Crippen molar-refractivity contribution in [3.63, 3.8) is 0 Å². The van der Waals surface area contributed by atoms with Crippen LogP contribution in [0.4, 0.5) is 0 Å². The Balaban J connectivity index is 1.95. The van der Waals surface area contributed by atoms with E-state index in [1.54, 1.807) is 0 Å². The second-order valence-electron chi connectivity index (χ2n) is 4.96. The first-order valence-corrected chi connectivity index (χ1v) is 6.44. The first kappa shape index (κ1) is 13.5. The van der Waals surface area contributed by atoms with Gasteiger partial charge in [-0.25, -0.2) is 9.48 Å². The Bertz CT molecular complexity index is 548. The first-order valence-electron chi connectivity index (χ1n) is 6.44. The lowest BCUT2D eigenvalue weighted by Gasteiger charge is -2.24. The minimum absolute atomic E-state index is 0.168. The lowest BCUT2D eigenvalue weighted by Crippen LogP contribution is -2.24. The van der Waals surface area contributed by atoms with Crippen molar-refractivity contribution < 1.29 is 9.53 Å². The molecule has 2 atom stereocenters. The lowest BCUT2D eigenvalue weighted by atomic mass is 9.85. The highest BCUT2D eigenvalue weighted by Gasteiger charge is 2.20. The minimum Gasteiger partial charge on any atom is -0.461 e. The summed E-state index contributed by atoms with van der Waals surface area (Å²) < 4.78 is 6.41. The summed E-state index contributed by atoms with van der Waals surface area (Å²) in [5.74, 6) is 0.407. The number of carbonyl (C=O) groups excluding carboxylic acids is 1. The van der Waals surface area contributed by atoms with E-state index in [4.69, 9.17) is 4.74 Å². The molecule has 1 aromatic rings. The fourth-order valence-electron chi connectivity index (χ4n) is 2.11. The van der Waals surface area contributed by atoms with Gasteiger partial charge in [-0.15, -0.1) is 0 Å². The topological polar surface area (TPSA) is 61.2 Å². The molecule has 0 aliphatic heterocycles. The van der Waals surface area contributed by atoms with Crippen LogP contribution in [-0.2, 0) is 11.8 Å². The van der Waals surface area contributed by atoms with Gasteiger partial charge in [0.15, 0.2) is 5.69 Å². The third kappa shape index (κ3) is 3.30. The maximum atomic E-state index is 11.8. The molecule has 1 aliphatic rings. The van der Waals surface area contributed by atoms with Crippen LogP contribution in [0.3, 0.4) is 0 Å². The second-order valence-corrected chi connectivity index (χ2v) is 4.96. The van der Waals surface area contributed by atoms with E-state index in [1.165, 1.54) is 19.2 Å². The van der Waals surface area contributed by atoms with Crippen LogP contribution in [0.1, 0.15) is 30.3 Å². The summed E-state index contributed by atoms with van der Waals surface area (Å²) in [6.07, 6.45) is 6.26. The van der Waals surface area contributed by atoms with Gasteiger partial charge in [0.1, 0.15) is 0 Å². The molecular formula is C14H18N2O3. The number of nitrogens with zero attached hydrogens (tertiary/aromatic N) is 2. The zero-order chi connectivity index (χ0) is 13.8. The summed E-state index contributed by atoms with van der Waals surface area (Å²) in [5, 5.41) is 3.87. The van der Waals surface area contributed by atoms with Gasteiger partial charge in [0, 0.05) is 13.1 Å². The van der Waals surface area contributed by atoms with E-state index in [0.717, 1.165) is 17.5 Å². The van der Waals surface area contributed by atoms with Crippen molar-refractivity contribution in [1.29, 1.82) is 0 Å². The van der Waals surface area contributed by atoms with Crippen LogP contribution >= 0.6 is 0 Å². The van der Waals surface area contributed by atoms with Crippen LogP contribution < -0.4 is 5.56 Å². The summed E-state index contributed by atoms with van der Waals surface area (Å²) in [7, 11) is 1.51. The summed E-state index contributed by atoms with van der Waals surface area (Å²) >= 11 is 0. The number of carbonyl (C=O) groups is 1. The van der Waals surface area contributed by atoms with Gasteiger partial charge in [0.05, 0.1) is 6.61 Å². The van der Waals surface area contributed by atoms with Crippen molar-refractivity contribution >= 4 is 5.97 Å². The van der Waals surface area contributed by atoms with E-state index in [9.17, 15) is 9.59 Å². The Morgan fingerprint density at radius 3 is 2.84 bits per heavy atom. The minimum atomic E-state index is -0.475. The Morgan fingerprint density at radius 1 is 1.42 bits per heavy atom. The van der Waals surface area contributed by atoms with Crippen LogP contribution in [0.25, 0.3) is 0 Å². The molecule has 0 aromatic carbocycles. The van der Waals surface area contributed by atoms with Crippen molar-refractivity contribution in [3.8, 4) is 0 Å². The number of allylic oxidation sites excluding steroid dienone is 2. The summed E-state index contributed by atoms with van der Waals surface area (Å²) in [5.41, 5.74) is -0.0799. The summed E-state index contributed by atoms with van der Waals surface area (Å²) in [6.45, 7) is 2.56. The highest BCUT2D eigenvalue weighted by Crippen LogP contribution is 2.25. The predicted molar refractivity (Wildman–Crippen MR) is 70.8 cm³/mol. The molecule has 2 rings (SSSR count). The van der Waals surface area contributed by atoms with E-state index in [0.29, 0.717) is 18.4 Å². The number of esters is 1. The number of aromatic nitrogens is 2. The highest BCUT2D eigenvalue weighted by atomic mass is 16.5. The van der Waals surface area contributed by atoms with Crippen LogP contribution in [0.2, 0.25) is 0 Å². The molecule has 0 amide bonds. The molecule has 1 heterocycles. The van der Waals surface area contributed by atoms with Gasteiger partial charge in [-0.3, -0.25) is 4.79 Å². The molecule has 0 fully saturated rings. The zero-order valence-corrected chi connectivity index (χ0v) is 11.2. The quantitative estimate of drug-likeness (QED) is 0.612. The molecule has 0 bridgehead atoms. The second kappa shape index (κ2) is 5.82. The SMILES string of the molecule is CC1CC=CCC1COC(=O)c1ccc(=O)n(C)n1. The molecule has 1 aromatic heterocycles. The number of rotatable bonds is 3. The van der Waals surface area contributed by atoms with Gasteiger partial charge in [-0.1, -0.05) is 19.1 Å². The Kier molecular flexibility index (Phi) is 4.14. The van der Waals surface area contributed by atoms with Crippen molar-refractivity contribution in [2.45, 2.75) is 19.8 Å². The molecule has 5 nitrogen and oxygen atoms in total. The number of ether oxygens (including phenoxy) is 1. The molecule has 2 unspecified atom stereocenters. The molecule has 102 valence electrons. The fourth-order valence-corrected chi connectivity index (χ4v) is 2.11. The third-order valence-corrected chi connectivity index (χ3v) is 3.52. The van der Waals surface area contributed by atoms with E-state index >= 15 is 0 Å². The largest absolute Gasteiger partial charge is 0.461 e. The maximum absolute atomic E-state index is 11.8. The smallest absolute Gasteiger partial charge is 0.358 e. The van der Waals surface area contributed by atoms with Crippen LogP contribution in [-0.4, -0.2) is 22.4 Å². The Morgan fingerprint density at radius 2 is 2.16 bits per heavy atom. The number of hydrogen-bond acceptors (Lipinski definition) is 4. The average Bonchev–Trinajstić information content (AvgIpc) is 2.40. The van der Waals surface area contributed by atoms with Gasteiger partial charge in [0.2, 0.25) is 0 Å².